The van der Waals surface area contributed by atoms with Gasteiger partial charge in [0.05, 0.1) is 16.7 Å². The Morgan fingerprint density at radius 2 is 2.15 bits per heavy atom. The van der Waals surface area contributed by atoms with Crippen molar-refractivity contribution in [3.05, 3.63) is 59.5 Å². The predicted molar refractivity (Wildman–Crippen MR) is 108 cm³/mol. The summed E-state index contributed by atoms with van der Waals surface area (Å²) in [7, 11) is 0. The first-order valence-electron chi connectivity index (χ1n) is 8.22. The minimum Gasteiger partial charge on any atom is -0.340 e. The standard InChI is InChI=1S/C20H16ClN5O/c1-3-5-6-19(27)26-18-10-15-17(11-22-18)23-12-24-20(15)25-14-7-8-16(21)13(4-2)9-14/h2,5-12H,3H2,1H3,(H,22,26,27)(H,23,24,25)/b6-5+. The van der Waals surface area contributed by atoms with Gasteiger partial charge in [-0.2, -0.15) is 0 Å². The molecule has 0 atom stereocenters. The topological polar surface area (TPSA) is 79.8 Å². The first-order valence-corrected chi connectivity index (χ1v) is 8.60. The Labute approximate surface area is 161 Å². The number of hydrogen-bond acceptors (Lipinski definition) is 5. The van der Waals surface area contributed by atoms with Gasteiger partial charge in [0.1, 0.15) is 18.0 Å². The largest absolute Gasteiger partial charge is 0.340 e. The van der Waals surface area contributed by atoms with E-state index in [1.54, 1.807) is 36.5 Å². The highest BCUT2D eigenvalue weighted by molar-refractivity contribution is 6.31. The fourth-order valence-corrected chi connectivity index (χ4v) is 2.54. The average molecular weight is 378 g/mol. The third kappa shape index (κ3) is 4.40. The molecule has 0 fully saturated rings. The molecule has 0 aliphatic rings. The third-order valence-corrected chi connectivity index (χ3v) is 3.99. The van der Waals surface area contributed by atoms with Crippen LogP contribution in [0.1, 0.15) is 18.9 Å². The molecule has 27 heavy (non-hydrogen) atoms. The number of halogens is 1. The Hall–Kier alpha value is -3.43. The average Bonchev–Trinajstić information content (AvgIpc) is 2.68. The van der Waals surface area contributed by atoms with Crippen LogP contribution in [0.5, 0.6) is 0 Å². The van der Waals surface area contributed by atoms with Crippen molar-refractivity contribution in [1.29, 1.82) is 0 Å². The Balaban J connectivity index is 1.93. The van der Waals surface area contributed by atoms with Crippen molar-refractivity contribution in [2.45, 2.75) is 13.3 Å². The molecule has 2 N–H and O–H groups in total. The Bertz CT molecular complexity index is 1070. The highest BCUT2D eigenvalue weighted by Crippen LogP contribution is 2.26. The van der Waals surface area contributed by atoms with Crippen LogP contribution in [0.25, 0.3) is 10.9 Å². The van der Waals surface area contributed by atoms with Gasteiger partial charge in [-0.05, 0) is 36.8 Å². The number of nitrogens with zero attached hydrogens (tertiary/aromatic N) is 3. The molecule has 0 unspecified atom stereocenters. The fraction of sp³-hybridized carbons (Fsp3) is 0.100. The van der Waals surface area contributed by atoms with Crippen LogP contribution in [0, 0.1) is 12.3 Å². The van der Waals surface area contributed by atoms with E-state index in [1.807, 2.05) is 6.92 Å². The highest BCUT2D eigenvalue weighted by atomic mass is 35.5. The van der Waals surface area contributed by atoms with Crippen LogP contribution in [0.2, 0.25) is 5.02 Å². The molecule has 0 saturated carbocycles. The number of anilines is 3. The van der Waals surface area contributed by atoms with E-state index in [1.165, 1.54) is 12.4 Å². The second kappa shape index (κ2) is 8.30. The van der Waals surface area contributed by atoms with Crippen LogP contribution >= 0.6 is 11.6 Å². The van der Waals surface area contributed by atoms with Crippen LogP contribution < -0.4 is 10.6 Å². The van der Waals surface area contributed by atoms with Crippen LogP contribution in [0.3, 0.4) is 0 Å². The quantitative estimate of drug-likeness (QED) is 0.511. The van der Waals surface area contributed by atoms with Gasteiger partial charge in [0.2, 0.25) is 5.91 Å². The van der Waals surface area contributed by atoms with E-state index in [0.29, 0.717) is 33.1 Å². The lowest BCUT2D eigenvalue weighted by Gasteiger charge is -2.10. The number of nitrogens with one attached hydrogen (secondary N) is 2. The predicted octanol–water partition coefficient (Wildman–Crippen LogP) is 4.31. The molecule has 0 radical (unpaired) electrons. The molecule has 0 bridgehead atoms. The number of amides is 1. The van der Waals surface area contributed by atoms with Gasteiger partial charge in [-0.15, -0.1) is 6.42 Å². The summed E-state index contributed by atoms with van der Waals surface area (Å²) in [5.41, 5.74) is 1.96. The van der Waals surface area contributed by atoms with E-state index in [4.69, 9.17) is 18.0 Å². The number of carbonyl (C=O) groups excluding carboxylic acids is 1. The SMILES string of the molecule is C#Cc1cc(Nc2ncnc3cnc(NC(=O)/C=C/CC)cc23)ccc1Cl. The molecule has 3 rings (SSSR count). The molecule has 1 amide bonds. The monoisotopic (exact) mass is 377 g/mol. The normalized spacial score (nSPS) is 10.7. The van der Waals surface area contributed by atoms with E-state index >= 15 is 0 Å². The van der Waals surface area contributed by atoms with Crippen molar-refractivity contribution in [2.75, 3.05) is 10.6 Å². The molecule has 7 heteroatoms. The van der Waals surface area contributed by atoms with Crippen LogP contribution in [-0.2, 0) is 4.79 Å². The van der Waals surface area contributed by atoms with Crippen molar-refractivity contribution < 1.29 is 4.79 Å². The van der Waals surface area contributed by atoms with E-state index in [0.717, 1.165) is 12.1 Å². The zero-order valence-electron chi connectivity index (χ0n) is 14.5. The lowest BCUT2D eigenvalue weighted by atomic mass is 10.2. The second-order valence-electron chi connectivity index (χ2n) is 5.57. The summed E-state index contributed by atoms with van der Waals surface area (Å²) < 4.78 is 0. The van der Waals surface area contributed by atoms with E-state index in [2.05, 4.69) is 31.5 Å². The number of carbonyl (C=O) groups is 1. The number of aromatic nitrogens is 3. The van der Waals surface area contributed by atoms with E-state index in [9.17, 15) is 4.79 Å². The Kier molecular flexibility index (Phi) is 5.64. The maximum atomic E-state index is 11.9. The summed E-state index contributed by atoms with van der Waals surface area (Å²) in [6.07, 6.45) is 12.5. The summed E-state index contributed by atoms with van der Waals surface area (Å²) >= 11 is 6.05. The summed E-state index contributed by atoms with van der Waals surface area (Å²) in [6, 6.07) is 7.00. The maximum Gasteiger partial charge on any atom is 0.249 e. The van der Waals surface area contributed by atoms with Crippen molar-refractivity contribution in [2.24, 2.45) is 0 Å². The van der Waals surface area contributed by atoms with Crippen LogP contribution in [0.15, 0.2) is 48.9 Å². The molecule has 6 nitrogen and oxygen atoms in total. The minimum absolute atomic E-state index is 0.244. The molecule has 134 valence electrons. The summed E-state index contributed by atoms with van der Waals surface area (Å²) in [5.74, 6) is 3.26. The number of rotatable bonds is 5. The van der Waals surface area contributed by atoms with Crippen molar-refractivity contribution >= 4 is 45.7 Å². The molecular weight excluding hydrogens is 362 g/mol. The highest BCUT2D eigenvalue weighted by Gasteiger charge is 2.08. The molecule has 2 heterocycles. The zero-order chi connectivity index (χ0) is 19.2. The van der Waals surface area contributed by atoms with Crippen molar-refractivity contribution in [1.82, 2.24) is 15.0 Å². The lowest BCUT2D eigenvalue weighted by Crippen LogP contribution is -2.09. The number of benzene rings is 1. The van der Waals surface area contributed by atoms with Gasteiger partial charge in [-0.1, -0.05) is 30.5 Å². The van der Waals surface area contributed by atoms with Gasteiger partial charge in [-0.25, -0.2) is 15.0 Å². The summed E-state index contributed by atoms with van der Waals surface area (Å²) in [5, 5.41) is 7.14. The smallest absolute Gasteiger partial charge is 0.249 e. The number of allylic oxidation sites excluding steroid dienone is 1. The van der Waals surface area contributed by atoms with Gasteiger partial charge >= 0.3 is 0 Å². The molecule has 3 aromatic rings. The Morgan fingerprint density at radius 1 is 1.30 bits per heavy atom. The van der Waals surface area contributed by atoms with Gasteiger partial charge in [0.25, 0.3) is 0 Å². The Morgan fingerprint density at radius 3 is 2.93 bits per heavy atom. The van der Waals surface area contributed by atoms with E-state index < -0.39 is 0 Å². The van der Waals surface area contributed by atoms with Crippen molar-refractivity contribution in [3.63, 3.8) is 0 Å². The molecule has 0 aliphatic heterocycles. The number of fused-ring (bicyclic) bond motifs is 1. The minimum atomic E-state index is -0.244. The van der Waals surface area contributed by atoms with Gasteiger partial charge < -0.3 is 10.6 Å². The number of pyridine rings is 1. The molecule has 0 spiro atoms. The first kappa shape index (κ1) is 18.4. The number of hydrogen-bond donors (Lipinski definition) is 2. The van der Waals surface area contributed by atoms with E-state index in [-0.39, 0.29) is 5.91 Å². The zero-order valence-corrected chi connectivity index (χ0v) is 15.3. The van der Waals surface area contributed by atoms with Gasteiger partial charge in [-0.3, -0.25) is 4.79 Å². The van der Waals surface area contributed by atoms with Crippen LogP contribution in [0.4, 0.5) is 17.3 Å². The van der Waals surface area contributed by atoms with Gasteiger partial charge in [0, 0.05) is 16.6 Å². The maximum absolute atomic E-state index is 11.9. The summed E-state index contributed by atoms with van der Waals surface area (Å²) in [4.78, 5) is 24.6. The summed E-state index contributed by atoms with van der Waals surface area (Å²) in [6.45, 7) is 1.95. The fourth-order valence-electron chi connectivity index (χ4n) is 2.37. The molecule has 0 saturated heterocycles. The molecule has 0 aliphatic carbocycles. The molecular formula is C20H16ClN5O. The lowest BCUT2D eigenvalue weighted by molar-refractivity contribution is -0.111. The number of terminal acetylenes is 1. The third-order valence-electron chi connectivity index (χ3n) is 3.66. The van der Waals surface area contributed by atoms with Crippen LogP contribution in [-0.4, -0.2) is 20.9 Å². The first-order chi connectivity index (χ1) is 13.1. The van der Waals surface area contributed by atoms with Crippen molar-refractivity contribution in [3.8, 4) is 12.3 Å². The van der Waals surface area contributed by atoms with Gasteiger partial charge in [0.15, 0.2) is 0 Å². The molecule has 2 aromatic heterocycles. The second-order valence-corrected chi connectivity index (χ2v) is 5.98. The molecule has 1 aromatic carbocycles.